The highest BCUT2D eigenvalue weighted by atomic mass is 16.5. The van der Waals surface area contributed by atoms with Crippen molar-refractivity contribution in [3.63, 3.8) is 0 Å². The number of ether oxygens (including phenoxy) is 1. The number of terminal acetylenes is 1. The summed E-state index contributed by atoms with van der Waals surface area (Å²) in [7, 11) is 0. The Kier molecular flexibility index (Phi) is 5.87. The molecule has 2 heteroatoms. The van der Waals surface area contributed by atoms with Crippen LogP contribution in [0.25, 0.3) is 0 Å². The molecule has 0 amide bonds. The van der Waals surface area contributed by atoms with E-state index >= 15 is 0 Å². The lowest BCUT2D eigenvalue weighted by Gasteiger charge is -2.33. The molecule has 1 aliphatic rings. The Balaban J connectivity index is 2.39. The van der Waals surface area contributed by atoms with E-state index in [4.69, 9.17) is 11.2 Å². The van der Waals surface area contributed by atoms with Crippen LogP contribution < -0.4 is 5.32 Å². The zero-order chi connectivity index (χ0) is 12.0. The zero-order valence-electron chi connectivity index (χ0n) is 10.8. The van der Waals surface area contributed by atoms with Crippen LogP contribution in [-0.2, 0) is 4.74 Å². The molecule has 0 saturated carbocycles. The molecule has 0 spiro atoms. The van der Waals surface area contributed by atoms with Gasteiger partial charge in [-0.2, -0.15) is 0 Å². The number of nitrogens with one attached hydrogen (secondary N) is 1. The summed E-state index contributed by atoms with van der Waals surface area (Å²) >= 11 is 0. The van der Waals surface area contributed by atoms with Crippen LogP contribution >= 0.6 is 0 Å². The van der Waals surface area contributed by atoms with E-state index in [1.807, 2.05) is 0 Å². The highest BCUT2D eigenvalue weighted by Gasteiger charge is 2.25. The predicted octanol–water partition coefficient (Wildman–Crippen LogP) is 2.58. The van der Waals surface area contributed by atoms with Crippen molar-refractivity contribution in [1.29, 1.82) is 0 Å². The van der Waals surface area contributed by atoms with Crippen molar-refractivity contribution >= 4 is 0 Å². The van der Waals surface area contributed by atoms with Gasteiger partial charge in [-0.15, -0.1) is 6.42 Å². The Morgan fingerprint density at radius 3 is 2.81 bits per heavy atom. The summed E-state index contributed by atoms with van der Waals surface area (Å²) in [4.78, 5) is 0. The van der Waals surface area contributed by atoms with Gasteiger partial charge in [0.05, 0.1) is 12.1 Å². The molecule has 92 valence electrons. The van der Waals surface area contributed by atoms with Gasteiger partial charge in [-0.25, -0.2) is 0 Å². The average molecular weight is 223 g/mol. The molecule has 0 aromatic carbocycles. The third kappa shape index (κ3) is 4.15. The second-order valence-electron chi connectivity index (χ2n) is 5.05. The Morgan fingerprint density at radius 2 is 2.25 bits per heavy atom. The fourth-order valence-corrected chi connectivity index (χ4v) is 2.23. The summed E-state index contributed by atoms with van der Waals surface area (Å²) in [6, 6.07) is 0.773. The molecule has 1 rings (SSSR count). The molecule has 0 bridgehead atoms. The summed E-state index contributed by atoms with van der Waals surface area (Å²) in [6.07, 6.45) is 10.3. The lowest BCUT2D eigenvalue weighted by Crippen LogP contribution is -2.44. The largest absolute Gasteiger partial charge is 0.378 e. The number of hydrogen-bond donors (Lipinski definition) is 1. The Labute approximate surface area is 100 Å². The van der Waals surface area contributed by atoms with Crippen molar-refractivity contribution in [2.24, 2.45) is 5.92 Å². The van der Waals surface area contributed by atoms with E-state index < -0.39 is 0 Å². The Morgan fingerprint density at radius 1 is 1.50 bits per heavy atom. The van der Waals surface area contributed by atoms with Gasteiger partial charge < -0.3 is 10.1 Å². The fraction of sp³-hybridized carbons (Fsp3) is 0.857. The molecule has 1 saturated heterocycles. The van der Waals surface area contributed by atoms with Crippen LogP contribution in [0.15, 0.2) is 0 Å². The monoisotopic (exact) mass is 223 g/mol. The normalized spacial score (nSPS) is 27.7. The first kappa shape index (κ1) is 13.5. The first-order valence-electron chi connectivity index (χ1n) is 6.51. The van der Waals surface area contributed by atoms with Crippen molar-refractivity contribution in [3.05, 3.63) is 0 Å². The highest BCUT2D eigenvalue weighted by molar-refractivity contribution is 5.00. The minimum Gasteiger partial charge on any atom is -0.378 e. The Bertz CT molecular complexity index is 231. The molecule has 1 heterocycles. The predicted molar refractivity (Wildman–Crippen MR) is 68.3 cm³/mol. The maximum absolute atomic E-state index is 5.75. The highest BCUT2D eigenvalue weighted by Crippen LogP contribution is 2.20. The summed E-state index contributed by atoms with van der Waals surface area (Å²) < 4.78 is 5.75. The van der Waals surface area contributed by atoms with Gasteiger partial charge in [0, 0.05) is 12.6 Å². The molecule has 2 nitrogen and oxygen atoms in total. The summed E-state index contributed by atoms with van der Waals surface area (Å²) in [5.74, 6) is 3.44. The first-order valence-corrected chi connectivity index (χ1v) is 6.51. The van der Waals surface area contributed by atoms with Gasteiger partial charge >= 0.3 is 0 Å². The maximum Gasteiger partial charge on any atom is 0.0689 e. The van der Waals surface area contributed by atoms with Crippen LogP contribution in [0.3, 0.4) is 0 Å². The molecule has 1 N–H and O–H groups in total. The molecular formula is C14H25NO. The SMILES string of the molecule is C#CC(CCC)NC1CCOC(C(C)C)C1. The smallest absolute Gasteiger partial charge is 0.0689 e. The molecule has 1 fully saturated rings. The molecule has 0 aromatic heterocycles. The first-order chi connectivity index (χ1) is 7.67. The van der Waals surface area contributed by atoms with Crippen LogP contribution in [0.5, 0.6) is 0 Å². The van der Waals surface area contributed by atoms with E-state index in [-0.39, 0.29) is 6.04 Å². The van der Waals surface area contributed by atoms with E-state index in [2.05, 4.69) is 32.0 Å². The standard InChI is InChI=1S/C14H25NO/c1-5-7-12(6-2)15-13-8-9-16-14(10-13)11(3)4/h2,11-15H,5,7-10H2,1,3-4H3. The third-order valence-electron chi connectivity index (χ3n) is 3.27. The molecular weight excluding hydrogens is 198 g/mol. The molecule has 1 aliphatic heterocycles. The van der Waals surface area contributed by atoms with Crippen molar-refractivity contribution in [2.45, 2.75) is 64.6 Å². The van der Waals surface area contributed by atoms with Gasteiger partial charge in [0.25, 0.3) is 0 Å². The average Bonchev–Trinajstić information content (AvgIpc) is 2.29. The van der Waals surface area contributed by atoms with Crippen LogP contribution in [0, 0.1) is 18.3 Å². The van der Waals surface area contributed by atoms with E-state index in [1.54, 1.807) is 0 Å². The van der Waals surface area contributed by atoms with E-state index in [0.29, 0.717) is 18.1 Å². The van der Waals surface area contributed by atoms with Crippen LogP contribution in [0.4, 0.5) is 0 Å². The molecule has 3 unspecified atom stereocenters. The van der Waals surface area contributed by atoms with Crippen molar-refractivity contribution in [2.75, 3.05) is 6.61 Å². The van der Waals surface area contributed by atoms with Gasteiger partial charge in [0.1, 0.15) is 0 Å². The van der Waals surface area contributed by atoms with Crippen molar-refractivity contribution < 1.29 is 4.74 Å². The van der Waals surface area contributed by atoms with Crippen LogP contribution in [-0.4, -0.2) is 24.8 Å². The third-order valence-corrected chi connectivity index (χ3v) is 3.27. The summed E-state index contributed by atoms with van der Waals surface area (Å²) in [5.41, 5.74) is 0. The number of hydrogen-bond acceptors (Lipinski definition) is 2. The maximum atomic E-state index is 5.75. The van der Waals surface area contributed by atoms with Gasteiger partial charge in [0.2, 0.25) is 0 Å². The van der Waals surface area contributed by atoms with E-state index in [1.165, 1.54) is 0 Å². The number of rotatable bonds is 5. The van der Waals surface area contributed by atoms with E-state index in [0.717, 1.165) is 32.3 Å². The molecule has 16 heavy (non-hydrogen) atoms. The van der Waals surface area contributed by atoms with Crippen LogP contribution in [0.2, 0.25) is 0 Å². The molecule has 0 aliphatic carbocycles. The topological polar surface area (TPSA) is 21.3 Å². The van der Waals surface area contributed by atoms with Crippen molar-refractivity contribution in [1.82, 2.24) is 5.32 Å². The van der Waals surface area contributed by atoms with Gasteiger partial charge in [0.15, 0.2) is 0 Å². The molecule has 0 aromatic rings. The minimum atomic E-state index is 0.237. The lowest BCUT2D eigenvalue weighted by atomic mass is 9.94. The second-order valence-corrected chi connectivity index (χ2v) is 5.05. The summed E-state index contributed by atoms with van der Waals surface area (Å²) in [5, 5.41) is 3.58. The zero-order valence-corrected chi connectivity index (χ0v) is 10.8. The summed E-state index contributed by atoms with van der Waals surface area (Å²) in [6.45, 7) is 7.48. The van der Waals surface area contributed by atoms with Gasteiger partial charge in [-0.05, 0) is 25.2 Å². The van der Waals surface area contributed by atoms with Crippen molar-refractivity contribution in [3.8, 4) is 12.3 Å². The fourth-order valence-electron chi connectivity index (χ4n) is 2.23. The quantitative estimate of drug-likeness (QED) is 0.723. The Hall–Kier alpha value is -0.520. The molecule has 0 radical (unpaired) electrons. The second kappa shape index (κ2) is 6.93. The van der Waals surface area contributed by atoms with Gasteiger partial charge in [-0.1, -0.05) is 33.1 Å². The molecule has 3 atom stereocenters. The van der Waals surface area contributed by atoms with Crippen LogP contribution in [0.1, 0.15) is 46.5 Å². The van der Waals surface area contributed by atoms with Gasteiger partial charge in [-0.3, -0.25) is 0 Å². The lowest BCUT2D eigenvalue weighted by molar-refractivity contribution is -0.0251. The van der Waals surface area contributed by atoms with E-state index in [9.17, 15) is 0 Å². The minimum absolute atomic E-state index is 0.237.